The van der Waals surface area contributed by atoms with Crippen LogP contribution in [-0.4, -0.2) is 14.2 Å². The van der Waals surface area contributed by atoms with E-state index in [1.165, 1.54) is 25.1 Å². The normalized spacial score (nSPS) is 11.1. The molecule has 0 heterocycles. The number of nitrogens with one attached hydrogen (secondary N) is 1. The Morgan fingerprint density at radius 1 is 1.10 bits per heavy atom. The first-order valence-corrected chi connectivity index (χ1v) is 7.36. The fourth-order valence-electron chi connectivity index (χ4n) is 1.65. The summed E-state index contributed by atoms with van der Waals surface area (Å²) in [7, 11) is -3.73. The topological polar surface area (TPSA) is 89.3 Å². The standard InChI is InChI=1S/C14H14N2O3S/c1-10(17)11-3-2-4-14(9-11)20(18,19)16-13-7-5-12(15)6-8-13/h2-9,16H,15H2,1H3. The Morgan fingerprint density at radius 2 is 1.75 bits per heavy atom. The molecule has 0 radical (unpaired) electrons. The van der Waals surface area contributed by atoms with Crippen LogP contribution >= 0.6 is 0 Å². The van der Waals surface area contributed by atoms with Crippen molar-refractivity contribution in [2.75, 3.05) is 10.5 Å². The van der Waals surface area contributed by atoms with Gasteiger partial charge in [-0.3, -0.25) is 9.52 Å². The van der Waals surface area contributed by atoms with E-state index in [0.29, 0.717) is 16.9 Å². The van der Waals surface area contributed by atoms with Crippen LogP contribution in [0.3, 0.4) is 0 Å². The van der Waals surface area contributed by atoms with Gasteiger partial charge in [0.2, 0.25) is 0 Å². The Bertz CT molecular complexity index is 737. The Balaban J connectivity index is 2.33. The van der Waals surface area contributed by atoms with E-state index < -0.39 is 10.0 Å². The number of ketones is 1. The zero-order valence-corrected chi connectivity index (χ0v) is 11.6. The summed E-state index contributed by atoms with van der Waals surface area (Å²) >= 11 is 0. The lowest BCUT2D eigenvalue weighted by atomic mass is 10.2. The van der Waals surface area contributed by atoms with Gasteiger partial charge in [-0.25, -0.2) is 8.42 Å². The maximum absolute atomic E-state index is 12.2. The highest BCUT2D eigenvalue weighted by Gasteiger charge is 2.15. The lowest BCUT2D eigenvalue weighted by molar-refractivity contribution is 0.101. The van der Waals surface area contributed by atoms with Crippen LogP contribution in [0.2, 0.25) is 0 Å². The molecule has 2 aromatic rings. The first-order chi connectivity index (χ1) is 9.38. The van der Waals surface area contributed by atoms with E-state index in [0.717, 1.165) is 0 Å². The van der Waals surface area contributed by atoms with Crippen molar-refractivity contribution in [3.63, 3.8) is 0 Å². The summed E-state index contributed by atoms with van der Waals surface area (Å²) in [5.74, 6) is -0.186. The number of nitrogen functional groups attached to an aromatic ring is 1. The number of benzene rings is 2. The predicted octanol–water partition coefficient (Wildman–Crippen LogP) is 2.27. The second kappa shape index (κ2) is 5.34. The van der Waals surface area contributed by atoms with Crippen molar-refractivity contribution in [1.82, 2.24) is 0 Å². The highest BCUT2D eigenvalue weighted by atomic mass is 32.2. The largest absolute Gasteiger partial charge is 0.399 e. The van der Waals surface area contributed by atoms with Gasteiger partial charge in [0.05, 0.1) is 4.90 Å². The van der Waals surface area contributed by atoms with Crippen LogP contribution < -0.4 is 10.5 Å². The molecule has 0 unspecified atom stereocenters. The third kappa shape index (κ3) is 3.16. The minimum atomic E-state index is -3.73. The lowest BCUT2D eigenvalue weighted by Gasteiger charge is -2.09. The molecular weight excluding hydrogens is 276 g/mol. The molecule has 5 nitrogen and oxygen atoms in total. The molecule has 104 valence electrons. The second-order valence-electron chi connectivity index (χ2n) is 4.31. The van der Waals surface area contributed by atoms with Gasteiger partial charge in [0.25, 0.3) is 10.0 Å². The van der Waals surface area contributed by atoms with E-state index >= 15 is 0 Å². The number of carbonyl (C=O) groups excluding carboxylic acids is 1. The molecule has 0 amide bonds. The van der Waals surface area contributed by atoms with Gasteiger partial charge in [-0.1, -0.05) is 12.1 Å². The van der Waals surface area contributed by atoms with Gasteiger partial charge in [0.1, 0.15) is 0 Å². The fraction of sp³-hybridized carbons (Fsp3) is 0.0714. The summed E-state index contributed by atoms with van der Waals surface area (Å²) in [5, 5.41) is 0. The zero-order valence-electron chi connectivity index (χ0n) is 10.8. The summed E-state index contributed by atoms with van der Waals surface area (Å²) in [4.78, 5) is 11.3. The van der Waals surface area contributed by atoms with E-state index in [-0.39, 0.29) is 10.7 Å². The Morgan fingerprint density at radius 3 is 2.35 bits per heavy atom. The van der Waals surface area contributed by atoms with Crippen molar-refractivity contribution in [2.45, 2.75) is 11.8 Å². The Kier molecular flexibility index (Phi) is 3.76. The molecular formula is C14H14N2O3S. The summed E-state index contributed by atoms with van der Waals surface area (Å²) < 4.78 is 26.8. The molecule has 0 aliphatic rings. The van der Waals surface area contributed by atoms with Gasteiger partial charge in [-0.15, -0.1) is 0 Å². The molecule has 6 heteroatoms. The molecule has 2 aromatic carbocycles. The number of Topliss-reactive ketones (excluding diaryl/α,β-unsaturated/α-hetero) is 1. The van der Waals surface area contributed by atoms with Crippen molar-refractivity contribution in [3.05, 3.63) is 54.1 Å². The molecule has 3 N–H and O–H groups in total. The minimum Gasteiger partial charge on any atom is -0.399 e. The highest BCUT2D eigenvalue weighted by Crippen LogP contribution is 2.18. The number of carbonyl (C=O) groups is 1. The van der Waals surface area contributed by atoms with E-state index in [4.69, 9.17) is 5.73 Å². The number of nitrogens with two attached hydrogens (primary N) is 1. The van der Waals surface area contributed by atoms with Crippen molar-refractivity contribution < 1.29 is 13.2 Å². The molecule has 2 rings (SSSR count). The average molecular weight is 290 g/mol. The minimum absolute atomic E-state index is 0.0435. The van der Waals surface area contributed by atoms with E-state index in [9.17, 15) is 13.2 Å². The third-order valence-electron chi connectivity index (χ3n) is 2.71. The van der Waals surface area contributed by atoms with Gasteiger partial charge >= 0.3 is 0 Å². The maximum atomic E-state index is 12.2. The zero-order chi connectivity index (χ0) is 14.8. The van der Waals surface area contributed by atoms with Crippen molar-refractivity contribution in [3.8, 4) is 0 Å². The molecule has 0 atom stereocenters. The fourth-order valence-corrected chi connectivity index (χ4v) is 2.75. The van der Waals surface area contributed by atoms with Crippen LogP contribution in [0.4, 0.5) is 11.4 Å². The number of anilines is 2. The van der Waals surface area contributed by atoms with Crippen molar-refractivity contribution in [2.24, 2.45) is 0 Å². The molecule has 20 heavy (non-hydrogen) atoms. The van der Waals surface area contributed by atoms with Gasteiger partial charge in [0, 0.05) is 16.9 Å². The van der Waals surface area contributed by atoms with Gasteiger partial charge < -0.3 is 5.73 Å². The van der Waals surface area contributed by atoms with Gasteiger partial charge in [0.15, 0.2) is 5.78 Å². The molecule has 0 saturated heterocycles. The average Bonchev–Trinajstić information content (AvgIpc) is 2.41. The SMILES string of the molecule is CC(=O)c1cccc(S(=O)(=O)Nc2ccc(N)cc2)c1. The van der Waals surface area contributed by atoms with Crippen molar-refractivity contribution >= 4 is 27.2 Å². The van der Waals surface area contributed by atoms with E-state index in [1.54, 1.807) is 30.3 Å². The third-order valence-corrected chi connectivity index (χ3v) is 4.09. The van der Waals surface area contributed by atoms with Crippen LogP contribution in [0.25, 0.3) is 0 Å². The predicted molar refractivity (Wildman–Crippen MR) is 78.1 cm³/mol. The van der Waals surface area contributed by atoms with E-state index in [2.05, 4.69) is 4.72 Å². The molecule has 0 saturated carbocycles. The Hall–Kier alpha value is -2.34. The van der Waals surface area contributed by atoms with E-state index in [1.807, 2.05) is 0 Å². The molecule has 0 aliphatic carbocycles. The van der Waals surface area contributed by atoms with Crippen LogP contribution in [0.15, 0.2) is 53.4 Å². The first kappa shape index (κ1) is 14.1. The number of hydrogen-bond donors (Lipinski definition) is 2. The lowest BCUT2D eigenvalue weighted by Crippen LogP contribution is -2.13. The summed E-state index contributed by atoms with van der Waals surface area (Å²) in [6.07, 6.45) is 0. The first-order valence-electron chi connectivity index (χ1n) is 5.88. The molecule has 0 aliphatic heterocycles. The van der Waals surface area contributed by atoms with Gasteiger partial charge in [-0.2, -0.15) is 0 Å². The summed E-state index contributed by atoms with van der Waals surface area (Å²) in [5.41, 5.74) is 6.85. The van der Waals surface area contributed by atoms with Gasteiger partial charge in [-0.05, 0) is 43.3 Å². The molecule has 0 aromatic heterocycles. The van der Waals surface area contributed by atoms with Crippen molar-refractivity contribution in [1.29, 1.82) is 0 Å². The van der Waals surface area contributed by atoms with Crippen LogP contribution in [0, 0.1) is 0 Å². The number of rotatable bonds is 4. The monoisotopic (exact) mass is 290 g/mol. The Labute approximate surface area is 117 Å². The molecule has 0 spiro atoms. The molecule has 0 fully saturated rings. The highest BCUT2D eigenvalue weighted by molar-refractivity contribution is 7.92. The van der Waals surface area contributed by atoms with Crippen LogP contribution in [0.1, 0.15) is 17.3 Å². The number of sulfonamides is 1. The van der Waals surface area contributed by atoms with Crippen LogP contribution in [0.5, 0.6) is 0 Å². The number of hydrogen-bond acceptors (Lipinski definition) is 4. The summed E-state index contributed by atoms with van der Waals surface area (Å²) in [6, 6.07) is 12.2. The van der Waals surface area contributed by atoms with Crippen LogP contribution in [-0.2, 0) is 10.0 Å². The smallest absolute Gasteiger partial charge is 0.261 e. The quantitative estimate of drug-likeness (QED) is 0.667. The second-order valence-corrected chi connectivity index (χ2v) is 5.99. The maximum Gasteiger partial charge on any atom is 0.261 e. The summed E-state index contributed by atoms with van der Waals surface area (Å²) in [6.45, 7) is 1.39. The molecule has 0 bridgehead atoms.